The Bertz CT molecular complexity index is 624. The lowest BCUT2D eigenvalue weighted by Crippen LogP contribution is -2.46. The first-order chi connectivity index (χ1) is 11.5. The second kappa shape index (κ2) is 7.64. The molecule has 0 spiro atoms. The maximum Gasteiger partial charge on any atom is 0.185 e. The Kier molecular flexibility index (Phi) is 5.54. The summed E-state index contributed by atoms with van der Waals surface area (Å²) in [5, 5.41) is 6.86. The molecule has 1 aromatic carbocycles. The van der Waals surface area contributed by atoms with E-state index in [2.05, 4.69) is 71.6 Å². The number of benzene rings is 1. The summed E-state index contributed by atoms with van der Waals surface area (Å²) in [6, 6.07) is 10.7. The summed E-state index contributed by atoms with van der Waals surface area (Å²) >= 11 is 1.77. The first kappa shape index (κ1) is 17.4. The first-order valence-corrected chi connectivity index (χ1v) is 9.58. The van der Waals surface area contributed by atoms with Gasteiger partial charge in [-0.15, -0.1) is 11.3 Å². The largest absolute Gasteiger partial charge is 0.346 e. The zero-order chi connectivity index (χ0) is 17.0. The molecule has 0 bridgehead atoms. The van der Waals surface area contributed by atoms with Crippen LogP contribution in [0.3, 0.4) is 0 Å². The molecule has 5 heteroatoms. The Hall–Kier alpha value is -1.43. The van der Waals surface area contributed by atoms with Crippen molar-refractivity contribution in [1.82, 2.24) is 15.2 Å². The number of thiazole rings is 1. The molecule has 1 saturated heterocycles. The van der Waals surface area contributed by atoms with Crippen molar-refractivity contribution in [2.45, 2.75) is 39.4 Å². The van der Waals surface area contributed by atoms with Crippen molar-refractivity contribution >= 4 is 16.5 Å². The summed E-state index contributed by atoms with van der Waals surface area (Å²) < 4.78 is 0. The van der Waals surface area contributed by atoms with Crippen LogP contribution >= 0.6 is 11.3 Å². The molecular formula is C19H28N4S. The van der Waals surface area contributed by atoms with Crippen molar-refractivity contribution in [2.75, 3.05) is 31.1 Å². The van der Waals surface area contributed by atoms with E-state index >= 15 is 0 Å². The van der Waals surface area contributed by atoms with Gasteiger partial charge in [-0.3, -0.25) is 4.90 Å². The van der Waals surface area contributed by atoms with Crippen LogP contribution in [0.4, 0.5) is 5.13 Å². The average molecular weight is 345 g/mol. The van der Waals surface area contributed by atoms with Gasteiger partial charge in [0.05, 0.1) is 5.69 Å². The van der Waals surface area contributed by atoms with Crippen LogP contribution in [0.5, 0.6) is 0 Å². The predicted molar refractivity (Wildman–Crippen MR) is 103 cm³/mol. The predicted octanol–water partition coefficient (Wildman–Crippen LogP) is 3.35. The maximum absolute atomic E-state index is 4.81. The Morgan fingerprint density at radius 3 is 2.46 bits per heavy atom. The second-order valence-electron chi connectivity index (χ2n) is 7.47. The summed E-state index contributed by atoms with van der Waals surface area (Å²) in [5.74, 6) is 0. The molecule has 3 rings (SSSR count). The van der Waals surface area contributed by atoms with E-state index in [0.29, 0.717) is 0 Å². The van der Waals surface area contributed by atoms with Gasteiger partial charge in [0.1, 0.15) is 0 Å². The zero-order valence-corrected chi connectivity index (χ0v) is 15.8. The molecule has 0 unspecified atom stereocenters. The molecule has 0 amide bonds. The normalized spacial score (nSPS) is 16.5. The number of anilines is 1. The van der Waals surface area contributed by atoms with Crippen LogP contribution in [0.15, 0.2) is 35.7 Å². The van der Waals surface area contributed by atoms with Gasteiger partial charge in [-0.2, -0.15) is 0 Å². The molecule has 24 heavy (non-hydrogen) atoms. The highest BCUT2D eigenvalue weighted by atomic mass is 32.1. The lowest BCUT2D eigenvalue weighted by molar-refractivity contribution is 0.250. The van der Waals surface area contributed by atoms with Crippen LogP contribution in [-0.2, 0) is 13.1 Å². The Labute approximate surface area is 149 Å². The van der Waals surface area contributed by atoms with Crippen LogP contribution in [0.2, 0.25) is 0 Å². The average Bonchev–Trinajstić information content (AvgIpc) is 3.03. The minimum atomic E-state index is 0.132. The van der Waals surface area contributed by atoms with Gasteiger partial charge in [0.25, 0.3) is 0 Å². The molecule has 4 nitrogen and oxygen atoms in total. The minimum absolute atomic E-state index is 0.132. The van der Waals surface area contributed by atoms with E-state index in [1.54, 1.807) is 11.3 Å². The fourth-order valence-electron chi connectivity index (χ4n) is 2.82. The zero-order valence-electron chi connectivity index (χ0n) is 15.0. The summed E-state index contributed by atoms with van der Waals surface area (Å²) in [7, 11) is 0. The third-order valence-electron chi connectivity index (χ3n) is 4.23. The van der Waals surface area contributed by atoms with Crippen LogP contribution < -0.4 is 10.2 Å². The third kappa shape index (κ3) is 5.03. The minimum Gasteiger partial charge on any atom is -0.346 e. The van der Waals surface area contributed by atoms with E-state index in [4.69, 9.17) is 4.98 Å². The number of hydrogen-bond acceptors (Lipinski definition) is 5. The molecular weight excluding hydrogens is 316 g/mol. The molecule has 130 valence electrons. The number of aromatic nitrogens is 1. The molecule has 1 N–H and O–H groups in total. The fourth-order valence-corrected chi connectivity index (χ4v) is 3.70. The van der Waals surface area contributed by atoms with Gasteiger partial charge in [0, 0.05) is 50.2 Å². The summed E-state index contributed by atoms with van der Waals surface area (Å²) in [6.45, 7) is 12.8. The van der Waals surface area contributed by atoms with Crippen LogP contribution in [0.25, 0.3) is 0 Å². The van der Waals surface area contributed by atoms with Crippen molar-refractivity contribution in [3.8, 4) is 0 Å². The first-order valence-electron chi connectivity index (χ1n) is 8.70. The van der Waals surface area contributed by atoms with Crippen molar-refractivity contribution in [3.05, 3.63) is 47.0 Å². The molecule has 1 fully saturated rings. The van der Waals surface area contributed by atoms with Crippen molar-refractivity contribution in [3.63, 3.8) is 0 Å². The lowest BCUT2D eigenvalue weighted by Gasteiger charge is -2.34. The van der Waals surface area contributed by atoms with Gasteiger partial charge in [0.15, 0.2) is 5.13 Å². The van der Waals surface area contributed by atoms with Gasteiger partial charge in [-0.25, -0.2) is 4.98 Å². The highest BCUT2D eigenvalue weighted by Crippen LogP contribution is 2.22. The molecule has 0 radical (unpaired) electrons. The molecule has 1 aliphatic rings. The van der Waals surface area contributed by atoms with E-state index in [0.717, 1.165) is 45.0 Å². The number of rotatable bonds is 5. The number of piperazine rings is 1. The van der Waals surface area contributed by atoms with Gasteiger partial charge in [-0.1, -0.05) is 30.3 Å². The molecule has 0 saturated carbocycles. The van der Waals surface area contributed by atoms with Crippen molar-refractivity contribution < 1.29 is 0 Å². The van der Waals surface area contributed by atoms with E-state index < -0.39 is 0 Å². The van der Waals surface area contributed by atoms with E-state index in [1.807, 2.05) is 0 Å². The van der Waals surface area contributed by atoms with Crippen LogP contribution in [0, 0.1) is 0 Å². The molecule has 1 aromatic heterocycles. The molecule has 2 heterocycles. The summed E-state index contributed by atoms with van der Waals surface area (Å²) in [4.78, 5) is 9.76. The highest BCUT2D eigenvalue weighted by molar-refractivity contribution is 7.13. The van der Waals surface area contributed by atoms with Gasteiger partial charge >= 0.3 is 0 Å². The summed E-state index contributed by atoms with van der Waals surface area (Å²) in [6.07, 6.45) is 0. The molecule has 0 aliphatic carbocycles. The fraction of sp³-hybridized carbons (Fsp3) is 0.526. The van der Waals surface area contributed by atoms with Crippen molar-refractivity contribution in [2.24, 2.45) is 0 Å². The topological polar surface area (TPSA) is 31.4 Å². The quantitative estimate of drug-likeness (QED) is 0.901. The number of hydrogen-bond donors (Lipinski definition) is 1. The molecule has 0 atom stereocenters. The number of nitrogens with one attached hydrogen (secondary N) is 1. The lowest BCUT2D eigenvalue weighted by atomic mass is 10.1. The van der Waals surface area contributed by atoms with Crippen LogP contribution in [0.1, 0.15) is 32.0 Å². The van der Waals surface area contributed by atoms with Crippen molar-refractivity contribution in [1.29, 1.82) is 0 Å². The Morgan fingerprint density at radius 1 is 1.08 bits per heavy atom. The Balaban J connectivity index is 1.49. The molecule has 1 aliphatic heterocycles. The van der Waals surface area contributed by atoms with E-state index in [9.17, 15) is 0 Å². The molecule has 2 aromatic rings. The van der Waals surface area contributed by atoms with E-state index in [1.165, 1.54) is 10.7 Å². The van der Waals surface area contributed by atoms with Gasteiger partial charge in [-0.05, 0) is 26.3 Å². The third-order valence-corrected chi connectivity index (χ3v) is 5.18. The second-order valence-corrected chi connectivity index (χ2v) is 8.31. The number of nitrogens with zero attached hydrogens (tertiary/aromatic N) is 3. The van der Waals surface area contributed by atoms with Gasteiger partial charge < -0.3 is 10.2 Å². The van der Waals surface area contributed by atoms with E-state index in [-0.39, 0.29) is 5.54 Å². The maximum atomic E-state index is 4.81. The van der Waals surface area contributed by atoms with Crippen LogP contribution in [-0.4, -0.2) is 41.6 Å². The Morgan fingerprint density at radius 2 is 1.79 bits per heavy atom. The highest BCUT2D eigenvalue weighted by Gasteiger charge is 2.19. The van der Waals surface area contributed by atoms with Gasteiger partial charge in [0.2, 0.25) is 0 Å². The SMILES string of the molecule is CC(C)(C)NCc1csc(N2CCN(Cc3ccccc3)CC2)n1. The smallest absolute Gasteiger partial charge is 0.185 e. The summed E-state index contributed by atoms with van der Waals surface area (Å²) in [5.41, 5.74) is 2.68. The standard InChI is InChI=1S/C19H28N4S/c1-19(2,3)20-13-17-15-24-18(21-17)23-11-9-22(10-12-23)14-16-7-5-4-6-8-16/h4-8,15,20H,9-14H2,1-3H3. The monoisotopic (exact) mass is 344 g/mol.